The Morgan fingerprint density at radius 3 is 2.59 bits per heavy atom. The van der Waals surface area contributed by atoms with Crippen LogP contribution in [0.3, 0.4) is 0 Å². The Labute approximate surface area is 101 Å². The Morgan fingerprint density at radius 1 is 1.47 bits per heavy atom. The lowest BCUT2D eigenvalue weighted by atomic mass is 9.99. The van der Waals surface area contributed by atoms with Gasteiger partial charge in [-0.1, -0.05) is 0 Å². The predicted molar refractivity (Wildman–Crippen MR) is 63.7 cm³/mol. The summed E-state index contributed by atoms with van der Waals surface area (Å²) in [6.07, 6.45) is 3.18. The van der Waals surface area contributed by atoms with Gasteiger partial charge in [-0.15, -0.1) is 0 Å². The summed E-state index contributed by atoms with van der Waals surface area (Å²) in [5.41, 5.74) is 5.59. The number of aromatic nitrogens is 2. The minimum absolute atomic E-state index is 0.253. The molecule has 17 heavy (non-hydrogen) atoms. The second kappa shape index (κ2) is 4.75. The van der Waals surface area contributed by atoms with Crippen LogP contribution in [0.2, 0.25) is 0 Å². The Balaban J connectivity index is 2.16. The smallest absolute Gasteiger partial charge is 0.260 e. The van der Waals surface area contributed by atoms with Gasteiger partial charge in [0.2, 0.25) is 0 Å². The highest BCUT2D eigenvalue weighted by atomic mass is 32.2. The van der Waals surface area contributed by atoms with Crippen molar-refractivity contribution in [1.29, 1.82) is 0 Å². The molecule has 1 aromatic rings. The van der Waals surface area contributed by atoms with Crippen LogP contribution >= 0.6 is 0 Å². The Kier molecular flexibility index (Phi) is 3.50. The first-order valence-corrected chi connectivity index (χ1v) is 7.18. The Morgan fingerprint density at radius 2 is 2.12 bits per heavy atom. The van der Waals surface area contributed by atoms with Crippen molar-refractivity contribution < 1.29 is 8.42 Å². The van der Waals surface area contributed by atoms with Gasteiger partial charge in [-0.05, 0) is 31.4 Å². The number of nitrogens with two attached hydrogens (primary N) is 1. The molecule has 2 heterocycles. The van der Waals surface area contributed by atoms with Crippen molar-refractivity contribution >= 4 is 10.0 Å². The Hall–Kier alpha value is -0.920. The zero-order valence-corrected chi connectivity index (χ0v) is 10.7. The molecule has 0 amide bonds. The molecule has 7 heteroatoms. The van der Waals surface area contributed by atoms with E-state index in [-0.39, 0.29) is 5.03 Å². The zero-order valence-electron chi connectivity index (χ0n) is 9.91. The highest BCUT2D eigenvalue weighted by molar-refractivity contribution is 7.89. The van der Waals surface area contributed by atoms with E-state index in [4.69, 9.17) is 5.73 Å². The number of nitrogens with zero attached hydrogens (tertiary/aromatic N) is 3. The number of piperidine rings is 1. The summed E-state index contributed by atoms with van der Waals surface area (Å²) >= 11 is 0. The lowest BCUT2D eigenvalue weighted by molar-refractivity contribution is 0.277. The van der Waals surface area contributed by atoms with E-state index >= 15 is 0 Å². The molecule has 0 saturated carbocycles. The molecule has 6 nitrogen and oxygen atoms in total. The fourth-order valence-corrected chi connectivity index (χ4v) is 3.70. The molecule has 2 N–H and O–H groups in total. The van der Waals surface area contributed by atoms with E-state index in [1.54, 1.807) is 7.05 Å². The van der Waals surface area contributed by atoms with Crippen LogP contribution < -0.4 is 5.73 Å². The van der Waals surface area contributed by atoms with Crippen LogP contribution in [-0.4, -0.2) is 42.1 Å². The summed E-state index contributed by atoms with van der Waals surface area (Å²) in [7, 11) is -1.75. The van der Waals surface area contributed by atoms with Crippen molar-refractivity contribution in [3.63, 3.8) is 0 Å². The van der Waals surface area contributed by atoms with Gasteiger partial charge in [0.1, 0.15) is 0 Å². The molecule has 1 aliphatic rings. The van der Waals surface area contributed by atoms with Crippen LogP contribution in [0.25, 0.3) is 0 Å². The summed E-state index contributed by atoms with van der Waals surface area (Å²) in [6, 6.07) is 1.53. The van der Waals surface area contributed by atoms with Crippen molar-refractivity contribution in [3.8, 4) is 0 Å². The second-order valence-electron chi connectivity index (χ2n) is 4.38. The molecule has 0 radical (unpaired) electrons. The topological polar surface area (TPSA) is 81.2 Å². The number of sulfonamides is 1. The van der Waals surface area contributed by atoms with Crippen LogP contribution in [0.1, 0.15) is 12.8 Å². The van der Waals surface area contributed by atoms with E-state index in [0.717, 1.165) is 12.8 Å². The number of rotatable bonds is 3. The first-order valence-electron chi connectivity index (χ1n) is 5.74. The first kappa shape index (κ1) is 12.5. The van der Waals surface area contributed by atoms with Crippen molar-refractivity contribution in [3.05, 3.63) is 12.3 Å². The van der Waals surface area contributed by atoms with Gasteiger partial charge >= 0.3 is 0 Å². The quantitative estimate of drug-likeness (QED) is 0.812. The molecular formula is C10H18N4O2S. The van der Waals surface area contributed by atoms with Gasteiger partial charge in [-0.25, -0.2) is 8.42 Å². The van der Waals surface area contributed by atoms with Crippen LogP contribution in [0, 0.1) is 5.92 Å². The molecule has 0 atom stereocenters. The maximum absolute atomic E-state index is 12.3. The maximum atomic E-state index is 12.3. The van der Waals surface area contributed by atoms with Crippen molar-refractivity contribution in [2.75, 3.05) is 19.6 Å². The fourth-order valence-electron chi connectivity index (χ4n) is 2.13. The lowest BCUT2D eigenvalue weighted by Gasteiger charge is -2.30. The monoisotopic (exact) mass is 258 g/mol. The van der Waals surface area contributed by atoms with Crippen LogP contribution in [0.5, 0.6) is 0 Å². The van der Waals surface area contributed by atoms with E-state index in [0.29, 0.717) is 25.6 Å². The van der Waals surface area contributed by atoms with E-state index < -0.39 is 10.0 Å². The molecule has 0 unspecified atom stereocenters. The molecule has 0 aromatic carbocycles. The molecule has 1 saturated heterocycles. The van der Waals surface area contributed by atoms with Crippen LogP contribution in [0.4, 0.5) is 0 Å². The fraction of sp³-hybridized carbons (Fsp3) is 0.700. The van der Waals surface area contributed by atoms with E-state index in [9.17, 15) is 8.42 Å². The summed E-state index contributed by atoms with van der Waals surface area (Å²) in [5.74, 6) is 0.452. The van der Waals surface area contributed by atoms with Gasteiger partial charge in [0.15, 0.2) is 5.03 Å². The summed E-state index contributed by atoms with van der Waals surface area (Å²) in [5, 5.41) is 4.15. The molecule has 1 aliphatic heterocycles. The van der Waals surface area contributed by atoms with E-state index in [2.05, 4.69) is 5.10 Å². The third-order valence-electron chi connectivity index (χ3n) is 3.29. The molecule has 0 bridgehead atoms. The van der Waals surface area contributed by atoms with Crippen LogP contribution in [0.15, 0.2) is 17.3 Å². The average molecular weight is 258 g/mol. The predicted octanol–water partition coefficient (Wildman–Crippen LogP) is -0.220. The normalized spacial score (nSPS) is 19.6. The summed E-state index contributed by atoms with van der Waals surface area (Å²) in [6.45, 7) is 1.74. The van der Waals surface area contributed by atoms with E-state index in [1.165, 1.54) is 21.3 Å². The summed E-state index contributed by atoms with van der Waals surface area (Å²) < 4.78 is 27.5. The molecule has 2 rings (SSSR count). The average Bonchev–Trinajstić information content (AvgIpc) is 2.76. The highest BCUT2D eigenvalue weighted by Crippen LogP contribution is 2.22. The van der Waals surface area contributed by atoms with Gasteiger partial charge in [0, 0.05) is 20.1 Å². The maximum Gasteiger partial charge on any atom is 0.260 e. The third-order valence-corrected chi connectivity index (χ3v) is 5.26. The first-order chi connectivity index (χ1) is 8.05. The zero-order chi connectivity index (χ0) is 12.5. The van der Waals surface area contributed by atoms with Crippen molar-refractivity contribution in [2.24, 2.45) is 18.7 Å². The molecule has 1 fully saturated rings. The minimum atomic E-state index is -3.39. The number of hydrogen-bond acceptors (Lipinski definition) is 4. The molecule has 0 spiro atoms. The molecular weight excluding hydrogens is 240 g/mol. The van der Waals surface area contributed by atoms with Gasteiger partial charge in [-0.3, -0.25) is 4.68 Å². The second-order valence-corrected chi connectivity index (χ2v) is 6.26. The number of hydrogen-bond donors (Lipinski definition) is 1. The third kappa shape index (κ3) is 2.36. The summed E-state index contributed by atoms with van der Waals surface area (Å²) in [4.78, 5) is 0. The van der Waals surface area contributed by atoms with Gasteiger partial charge in [-0.2, -0.15) is 9.40 Å². The van der Waals surface area contributed by atoms with Gasteiger partial charge < -0.3 is 5.73 Å². The van der Waals surface area contributed by atoms with E-state index in [1.807, 2.05) is 0 Å². The van der Waals surface area contributed by atoms with Crippen molar-refractivity contribution in [2.45, 2.75) is 17.9 Å². The van der Waals surface area contributed by atoms with Crippen LogP contribution in [-0.2, 0) is 17.1 Å². The van der Waals surface area contributed by atoms with Crippen molar-refractivity contribution in [1.82, 2.24) is 14.1 Å². The lowest BCUT2D eigenvalue weighted by Crippen LogP contribution is -2.40. The minimum Gasteiger partial charge on any atom is -0.330 e. The molecule has 96 valence electrons. The molecule has 1 aromatic heterocycles. The molecule has 0 aliphatic carbocycles. The largest absolute Gasteiger partial charge is 0.330 e. The standard InChI is InChI=1S/C10H18N4O2S/c1-13-10(2-5-12-13)17(15,16)14-6-3-9(8-11)4-7-14/h2,5,9H,3-4,6-8,11H2,1H3. The van der Waals surface area contributed by atoms with Gasteiger partial charge in [0.05, 0.1) is 6.20 Å². The Bertz CT molecular complexity index is 474. The number of aryl methyl sites for hydroxylation is 1. The SMILES string of the molecule is Cn1nccc1S(=O)(=O)N1CCC(CN)CC1. The van der Waals surface area contributed by atoms with Gasteiger partial charge in [0.25, 0.3) is 10.0 Å². The highest BCUT2D eigenvalue weighted by Gasteiger charge is 2.30.